The highest BCUT2D eigenvalue weighted by atomic mass is 32.2. The van der Waals surface area contributed by atoms with E-state index in [1.165, 1.54) is 17.4 Å². The van der Waals surface area contributed by atoms with Crippen molar-refractivity contribution in [2.75, 3.05) is 43.4 Å². The number of aromatic nitrogens is 3. The van der Waals surface area contributed by atoms with Gasteiger partial charge in [0.1, 0.15) is 0 Å². The molecule has 0 bridgehead atoms. The topological polar surface area (TPSA) is 63.5 Å². The summed E-state index contributed by atoms with van der Waals surface area (Å²) < 4.78 is 7.59. The van der Waals surface area contributed by atoms with Gasteiger partial charge in [-0.15, -0.1) is 10.2 Å². The lowest BCUT2D eigenvalue weighted by Gasteiger charge is -2.31. The Balaban J connectivity index is 1.59. The van der Waals surface area contributed by atoms with Gasteiger partial charge in [-0.2, -0.15) is 0 Å². The van der Waals surface area contributed by atoms with Crippen molar-refractivity contribution in [2.24, 2.45) is 0 Å². The lowest BCUT2D eigenvalue weighted by molar-refractivity contribution is -0.135. The molecule has 0 N–H and O–H groups in total. The van der Waals surface area contributed by atoms with Gasteiger partial charge >= 0.3 is 0 Å². The number of benzene rings is 2. The van der Waals surface area contributed by atoms with E-state index >= 15 is 0 Å². The first-order valence-corrected chi connectivity index (χ1v) is 12.5. The average molecular weight is 466 g/mol. The first-order valence-electron chi connectivity index (χ1n) is 11.5. The Hall–Kier alpha value is -2.84. The average Bonchev–Trinajstić information content (AvgIpc) is 3.28. The summed E-state index contributed by atoms with van der Waals surface area (Å²) in [5.74, 6) is 1.18. The normalized spacial score (nSPS) is 16.1. The van der Waals surface area contributed by atoms with E-state index in [0.717, 1.165) is 30.2 Å². The van der Waals surface area contributed by atoms with E-state index < -0.39 is 0 Å². The molecule has 1 fully saturated rings. The van der Waals surface area contributed by atoms with Gasteiger partial charge < -0.3 is 14.5 Å². The molecule has 1 atom stereocenters. The standard InChI is InChI=1S/C25H31N5O2S/c1-4-28(5-2)21-13-11-20(12-14-21)24-26-27-25(30(24)22-9-7-6-8-10-22)33-18-23(31)29-15-16-32-19(3)17-29/h6-14,19H,4-5,15-18H2,1-3H3/t19-/m0/s1. The zero-order valence-electron chi connectivity index (χ0n) is 19.5. The Kier molecular flexibility index (Phi) is 7.67. The summed E-state index contributed by atoms with van der Waals surface area (Å²) in [7, 11) is 0. The number of carbonyl (C=O) groups is 1. The Labute approximate surface area is 199 Å². The van der Waals surface area contributed by atoms with Crippen LogP contribution in [0.3, 0.4) is 0 Å². The van der Waals surface area contributed by atoms with Gasteiger partial charge in [-0.05, 0) is 57.2 Å². The first-order chi connectivity index (χ1) is 16.1. The molecular formula is C25H31N5O2S. The van der Waals surface area contributed by atoms with E-state index in [1.807, 2.05) is 46.7 Å². The molecule has 2 aromatic carbocycles. The number of amides is 1. The summed E-state index contributed by atoms with van der Waals surface area (Å²) in [4.78, 5) is 17.0. The van der Waals surface area contributed by atoms with Crippen LogP contribution in [0.25, 0.3) is 17.1 Å². The molecule has 8 heteroatoms. The van der Waals surface area contributed by atoms with Gasteiger partial charge in [-0.25, -0.2) is 0 Å². The third-order valence-electron chi connectivity index (χ3n) is 5.82. The van der Waals surface area contributed by atoms with Crippen LogP contribution >= 0.6 is 11.8 Å². The third kappa shape index (κ3) is 5.39. The summed E-state index contributed by atoms with van der Waals surface area (Å²) in [6, 6.07) is 18.5. The number of hydrogen-bond donors (Lipinski definition) is 0. The smallest absolute Gasteiger partial charge is 0.233 e. The number of anilines is 1. The third-order valence-corrected chi connectivity index (χ3v) is 6.73. The van der Waals surface area contributed by atoms with Crippen LogP contribution in [0.1, 0.15) is 20.8 Å². The molecule has 1 aliphatic rings. The molecule has 1 aliphatic heterocycles. The Morgan fingerprint density at radius 3 is 2.48 bits per heavy atom. The zero-order chi connectivity index (χ0) is 23.2. The van der Waals surface area contributed by atoms with Gasteiger partial charge in [0.05, 0.1) is 18.5 Å². The van der Waals surface area contributed by atoms with Gasteiger partial charge in [-0.1, -0.05) is 30.0 Å². The highest BCUT2D eigenvalue weighted by molar-refractivity contribution is 7.99. The molecule has 0 unspecified atom stereocenters. The predicted octanol–water partition coefficient (Wildman–Crippen LogP) is 4.12. The van der Waals surface area contributed by atoms with E-state index in [1.54, 1.807) is 0 Å². The summed E-state index contributed by atoms with van der Waals surface area (Å²) in [5.41, 5.74) is 3.15. The molecule has 1 amide bonds. The minimum absolute atomic E-state index is 0.0755. The molecule has 7 nitrogen and oxygen atoms in total. The number of thioether (sulfide) groups is 1. The number of nitrogens with zero attached hydrogens (tertiary/aromatic N) is 5. The van der Waals surface area contributed by atoms with Crippen molar-refractivity contribution in [3.05, 3.63) is 54.6 Å². The van der Waals surface area contributed by atoms with Crippen LogP contribution in [0.5, 0.6) is 0 Å². The molecule has 1 saturated heterocycles. The summed E-state index contributed by atoms with van der Waals surface area (Å²) in [6.07, 6.45) is 0.0755. The van der Waals surface area contributed by atoms with E-state index in [4.69, 9.17) is 4.74 Å². The Morgan fingerprint density at radius 1 is 1.09 bits per heavy atom. The largest absolute Gasteiger partial charge is 0.375 e. The number of rotatable bonds is 8. The molecule has 0 spiro atoms. The van der Waals surface area contributed by atoms with E-state index in [0.29, 0.717) is 30.6 Å². The van der Waals surface area contributed by atoms with Crippen LogP contribution in [-0.2, 0) is 9.53 Å². The van der Waals surface area contributed by atoms with Crippen LogP contribution in [0.2, 0.25) is 0 Å². The van der Waals surface area contributed by atoms with Crippen molar-refractivity contribution in [2.45, 2.75) is 32.0 Å². The molecule has 0 aliphatic carbocycles. The maximum atomic E-state index is 12.8. The van der Waals surface area contributed by atoms with Crippen molar-refractivity contribution in [3.63, 3.8) is 0 Å². The summed E-state index contributed by atoms with van der Waals surface area (Å²) >= 11 is 1.42. The molecule has 0 radical (unpaired) electrons. The molecule has 2 heterocycles. The van der Waals surface area contributed by atoms with Crippen LogP contribution in [0, 0.1) is 0 Å². The monoisotopic (exact) mass is 465 g/mol. The second-order valence-electron chi connectivity index (χ2n) is 8.01. The molecule has 0 saturated carbocycles. The molecule has 33 heavy (non-hydrogen) atoms. The maximum Gasteiger partial charge on any atom is 0.233 e. The Bertz CT molecular complexity index is 1050. The van der Waals surface area contributed by atoms with Crippen molar-refractivity contribution in [1.29, 1.82) is 0 Å². The maximum absolute atomic E-state index is 12.8. The number of ether oxygens (including phenoxy) is 1. The van der Waals surface area contributed by atoms with Crippen molar-refractivity contribution in [3.8, 4) is 17.1 Å². The number of carbonyl (C=O) groups excluding carboxylic acids is 1. The van der Waals surface area contributed by atoms with E-state index in [-0.39, 0.29) is 12.0 Å². The van der Waals surface area contributed by atoms with Gasteiger partial charge in [0.2, 0.25) is 5.91 Å². The first kappa shape index (κ1) is 23.3. The fourth-order valence-electron chi connectivity index (χ4n) is 4.03. The molecule has 3 aromatic rings. The van der Waals surface area contributed by atoms with Crippen LogP contribution in [0.4, 0.5) is 5.69 Å². The SMILES string of the molecule is CCN(CC)c1ccc(-c2nnc(SCC(=O)N3CCO[C@@H](C)C3)n2-c2ccccc2)cc1. The van der Waals surface area contributed by atoms with Gasteiger partial charge in [0, 0.05) is 43.1 Å². The van der Waals surface area contributed by atoms with Crippen molar-refractivity contribution < 1.29 is 9.53 Å². The fraction of sp³-hybridized carbons (Fsp3) is 0.400. The van der Waals surface area contributed by atoms with E-state index in [9.17, 15) is 4.79 Å². The second-order valence-corrected chi connectivity index (χ2v) is 8.95. The zero-order valence-corrected chi connectivity index (χ0v) is 20.3. The summed E-state index contributed by atoms with van der Waals surface area (Å²) in [6.45, 7) is 10.1. The highest BCUT2D eigenvalue weighted by Gasteiger charge is 2.23. The predicted molar refractivity (Wildman–Crippen MR) is 133 cm³/mol. The quantitative estimate of drug-likeness (QED) is 0.467. The molecule has 4 rings (SSSR count). The minimum Gasteiger partial charge on any atom is -0.375 e. The van der Waals surface area contributed by atoms with Crippen molar-refractivity contribution >= 4 is 23.4 Å². The molecule has 174 valence electrons. The second kappa shape index (κ2) is 10.9. The number of hydrogen-bond acceptors (Lipinski definition) is 6. The van der Waals surface area contributed by atoms with Gasteiger partial charge in [-0.3, -0.25) is 9.36 Å². The van der Waals surface area contributed by atoms with Gasteiger partial charge in [0.25, 0.3) is 0 Å². The number of para-hydroxylation sites is 1. The summed E-state index contributed by atoms with van der Waals surface area (Å²) in [5, 5.41) is 9.68. The lowest BCUT2D eigenvalue weighted by atomic mass is 10.1. The van der Waals surface area contributed by atoms with Crippen LogP contribution < -0.4 is 4.90 Å². The van der Waals surface area contributed by atoms with E-state index in [2.05, 4.69) is 53.2 Å². The highest BCUT2D eigenvalue weighted by Crippen LogP contribution is 2.29. The van der Waals surface area contributed by atoms with Crippen LogP contribution in [0.15, 0.2) is 59.8 Å². The number of morpholine rings is 1. The molecule has 1 aromatic heterocycles. The van der Waals surface area contributed by atoms with Crippen molar-refractivity contribution in [1.82, 2.24) is 19.7 Å². The Morgan fingerprint density at radius 2 is 1.82 bits per heavy atom. The lowest BCUT2D eigenvalue weighted by Crippen LogP contribution is -2.45. The molecular weight excluding hydrogens is 434 g/mol. The van der Waals surface area contributed by atoms with Crippen LogP contribution in [-0.4, -0.2) is 70.2 Å². The minimum atomic E-state index is 0.0755. The fourth-order valence-corrected chi connectivity index (χ4v) is 4.89. The van der Waals surface area contributed by atoms with Gasteiger partial charge in [0.15, 0.2) is 11.0 Å².